The Balaban J connectivity index is 2.78. The van der Waals surface area contributed by atoms with E-state index in [1.54, 1.807) is 0 Å². The molecule has 1 heteroatoms. The van der Waals surface area contributed by atoms with Crippen LogP contribution in [0.15, 0.2) is 24.3 Å². The Hall–Kier alpha value is -0.820. The van der Waals surface area contributed by atoms with E-state index in [2.05, 4.69) is 45.0 Å². The Kier molecular flexibility index (Phi) is 4.15. The summed E-state index contributed by atoms with van der Waals surface area (Å²) in [6, 6.07) is 8.86. The van der Waals surface area contributed by atoms with E-state index in [4.69, 9.17) is 5.73 Å². The highest BCUT2D eigenvalue weighted by molar-refractivity contribution is 5.26. The van der Waals surface area contributed by atoms with E-state index in [9.17, 15) is 0 Å². The lowest BCUT2D eigenvalue weighted by molar-refractivity contribution is 0.643. The van der Waals surface area contributed by atoms with E-state index in [0.29, 0.717) is 5.92 Å². The fraction of sp³-hybridized carbons (Fsp3) is 0.538. The number of rotatable bonds is 4. The van der Waals surface area contributed by atoms with Crippen LogP contribution in [0.3, 0.4) is 0 Å². The van der Waals surface area contributed by atoms with Crippen molar-refractivity contribution in [2.45, 2.75) is 39.7 Å². The Labute approximate surface area is 87.3 Å². The standard InChI is InChI=1S/C13H21N/c1-4-13(14)12-7-5-6-11(9-12)8-10(2)3/h5-7,9-10,13H,4,8,14H2,1-3H3. The van der Waals surface area contributed by atoms with Crippen molar-refractivity contribution in [3.63, 3.8) is 0 Å². The minimum atomic E-state index is 0.196. The van der Waals surface area contributed by atoms with Crippen molar-refractivity contribution in [1.82, 2.24) is 0 Å². The fourth-order valence-electron chi connectivity index (χ4n) is 1.66. The lowest BCUT2D eigenvalue weighted by Gasteiger charge is -2.11. The highest BCUT2D eigenvalue weighted by Gasteiger charge is 2.04. The van der Waals surface area contributed by atoms with Gasteiger partial charge in [0.1, 0.15) is 0 Å². The molecule has 0 radical (unpaired) electrons. The summed E-state index contributed by atoms with van der Waals surface area (Å²) >= 11 is 0. The molecular formula is C13H21N. The topological polar surface area (TPSA) is 26.0 Å². The highest BCUT2D eigenvalue weighted by Crippen LogP contribution is 2.17. The van der Waals surface area contributed by atoms with Crippen molar-refractivity contribution < 1.29 is 0 Å². The Bertz CT molecular complexity index is 278. The van der Waals surface area contributed by atoms with E-state index in [1.807, 2.05) is 0 Å². The molecule has 0 aliphatic rings. The minimum absolute atomic E-state index is 0.196. The van der Waals surface area contributed by atoms with Gasteiger partial charge < -0.3 is 5.73 Å². The highest BCUT2D eigenvalue weighted by atomic mass is 14.6. The SMILES string of the molecule is CCC(N)c1cccc(CC(C)C)c1. The molecule has 1 rings (SSSR count). The first-order valence-corrected chi connectivity index (χ1v) is 5.48. The van der Waals surface area contributed by atoms with Crippen LogP contribution in [0.4, 0.5) is 0 Å². The predicted octanol–water partition coefficient (Wildman–Crippen LogP) is 3.29. The van der Waals surface area contributed by atoms with Crippen LogP contribution in [0.1, 0.15) is 44.4 Å². The first-order valence-electron chi connectivity index (χ1n) is 5.48. The van der Waals surface area contributed by atoms with Crippen LogP contribution < -0.4 is 5.73 Å². The normalized spacial score (nSPS) is 13.2. The van der Waals surface area contributed by atoms with Crippen molar-refractivity contribution in [2.75, 3.05) is 0 Å². The first-order chi connectivity index (χ1) is 6.63. The number of hydrogen-bond donors (Lipinski definition) is 1. The molecule has 1 aromatic rings. The molecule has 1 nitrogen and oxygen atoms in total. The molecule has 1 atom stereocenters. The van der Waals surface area contributed by atoms with Crippen molar-refractivity contribution in [3.8, 4) is 0 Å². The van der Waals surface area contributed by atoms with Gasteiger partial charge in [0.05, 0.1) is 0 Å². The predicted molar refractivity (Wildman–Crippen MR) is 62.2 cm³/mol. The lowest BCUT2D eigenvalue weighted by Crippen LogP contribution is -2.09. The van der Waals surface area contributed by atoms with E-state index in [0.717, 1.165) is 12.8 Å². The molecule has 0 heterocycles. The van der Waals surface area contributed by atoms with Gasteiger partial charge in [0.25, 0.3) is 0 Å². The summed E-state index contributed by atoms with van der Waals surface area (Å²) in [5, 5.41) is 0. The summed E-state index contributed by atoms with van der Waals surface area (Å²) < 4.78 is 0. The van der Waals surface area contributed by atoms with Gasteiger partial charge in [0.2, 0.25) is 0 Å². The van der Waals surface area contributed by atoms with Gasteiger partial charge in [0, 0.05) is 6.04 Å². The van der Waals surface area contributed by atoms with Crippen molar-refractivity contribution in [3.05, 3.63) is 35.4 Å². The second-order valence-electron chi connectivity index (χ2n) is 4.36. The van der Waals surface area contributed by atoms with Crippen molar-refractivity contribution in [2.24, 2.45) is 11.7 Å². The molecule has 0 aliphatic carbocycles. The molecule has 0 aromatic heterocycles. The molecule has 0 aliphatic heterocycles. The summed E-state index contributed by atoms with van der Waals surface area (Å²) in [7, 11) is 0. The third kappa shape index (κ3) is 3.15. The quantitative estimate of drug-likeness (QED) is 0.776. The maximum atomic E-state index is 5.99. The Morgan fingerprint density at radius 1 is 1.29 bits per heavy atom. The van der Waals surface area contributed by atoms with Crippen LogP contribution >= 0.6 is 0 Å². The Morgan fingerprint density at radius 2 is 2.00 bits per heavy atom. The second-order valence-corrected chi connectivity index (χ2v) is 4.36. The average Bonchev–Trinajstić information content (AvgIpc) is 2.16. The van der Waals surface area contributed by atoms with Crippen LogP contribution in [0.25, 0.3) is 0 Å². The zero-order chi connectivity index (χ0) is 10.6. The van der Waals surface area contributed by atoms with Gasteiger partial charge >= 0.3 is 0 Å². The zero-order valence-corrected chi connectivity index (χ0v) is 9.46. The largest absolute Gasteiger partial charge is 0.324 e. The van der Waals surface area contributed by atoms with E-state index >= 15 is 0 Å². The summed E-state index contributed by atoms with van der Waals surface area (Å²) in [6.07, 6.45) is 2.15. The third-order valence-corrected chi connectivity index (χ3v) is 2.46. The molecule has 14 heavy (non-hydrogen) atoms. The smallest absolute Gasteiger partial charge is 0.0292 e. The number of hydrogen-bond acceptors (Lipinski definition) is 1. The molecule has 0 fully saturated rings. The van der Waals surface area contributed by atoms with Gasteiger partial charge in [-0.2, -0.15) is 0 Å². The maximum absolute atomic E-state index is 5.99. The second kappa shape index (κ2) is 5.16. The van der Waals surface area contributed by atoms with E-state index in [-0.39, 0.29) is 6.04 Å². The average molecular weight is 191 g/mol. The van der Waals surface area contributed by atoms with Crippen molar-refractivity contribution in [1.29, 1.82) is 0 Å². The van der Waals surface area contributed by atoms with Gasteiger partial charge in [-0.3, -0.25) is 0 Å². The van der Waals surface area contributed by atoms with Crippen LogP contribution in [-0.2, 0) is 6.42 Å². The minimum Gasteiger partial charge on any atom is -0.324 e. The Morgan fingerprint density at radius 3 is 2.57 bits per heavy atom. The summed E-state index contributed by atoms with van der Waals surface area (Å²) in [6.45, 7) is 6.61. The molecule has 0 amide bonds. The van der Waals surface area contributed by atoms with Gasteiger partial charge in [-0.05, 0) is 29.9 Å². The van der Waals surface area contributed by atoms with Gasteiger partial charge in [-0.1, -0.05) is 45.0 Å². The third-order valence-electron chi connectivity index (χ3n) is 2.46. The van der Waals surface area contributed by atoms with Crippen LogP contribution in [0.5, 0.6) is 0 Å². The zero-order valence-electron chi connectivity index (χ0n) is 9.46. The van der Waals surface area contributed by atoms with Crippen LogP contribution in [-0.4, -0.2) is 0 Å². The van der Waals surface area contributed by atoms with Gasteiger partial charge in [0.15, 0.2) is 0 Å². The number of nitrogens with two attached hydrogens (primary N) is 1. The molecule has 1 aromatic carbocycles. The lowest BCUT2D eigenvalue weighted by atomic mass is 9.98. The molecule has 0 saturated heterocycles. The van der Waals surface area contributed by atoms with Gasteiger partial charge in [-0.15, -0.1) is 0 Å². The fourth-order valence-corrected chi connectivity index (χ4v) is 1.66. The molecule has 0 bridgehead atoms. The van der Waals surface area contributed by atoms with Crippen molar-refractivity contribution >= 4 is 0 Å². The molecule has 0 spiro atoms. The van der Waals surface area contributed by atoms with Crippen LogP contribution in [0.2, 0.25) is 0 Å². The molecule has 1 unspecified atom stereocenters. The molecule has 0 saturated carbocycles. The maximum Gasteiger partial charge on any atom is 0.0292 e. The van der Waals surface area contributed by atoms with E-state index in [1.165, 1.54) is 11.1 Å². The van der Waals surface area contributed by atoms with E-state index < -0.39 is 0 Å². The molecule has 2 N–H and O–H groups in total. The number of benzene rings is 1. The summed E-state index contributed by atoms with van der Waals surface area (Å²) in [5.74, 6) is 0.711. The summed E-state index contributed by atoms with van der Waals surface area (Å²) in [4.78, 5) is 0. The van der Waals surface area contributed by atoms with Crippen LogP contribution in [0, 0.1) is 5.92 Å². The first kappa shape index (κ1) is 11.3. The monoisotopic (exact) mass is 191 g/mol. The van der Waals surface area contributed by atoms with Gasteiger partial charge in [-0.25, -0.2) is 0 Å². The molecule has 78 valence electrons. The summed E-state index contributed by atoms with van der Waals surface area (Å²) in [5.41, 5.74) is 8.67. The molecular weight excluding hydrogens is 170 g/mol.